The minimum atomic E-state index is -2.70. The minimum Gasteiger partial charge on any atom is -0.486 e. The van der Waals surface area contributed by atoms with Crippen LogP contribution in [0.25, 0.3) is 11.1 Å². The molecule has 0 saturated heterocycles. The number of halogens is 4. The summed E-state index contributed by atoms with van der Waals surface area (Å²) >= 11 is 0. The first-order valence-corrected chi connectivity index (χ1v) is 14.3. The fraction of sp³-hybridized carbons (Fsp3) is 0.441. The molecule has 5 rings (SSSR count). The van der Waals surface area contributed by atoms with Crippen LogP contribution in [0, 0.1) is 23.0 Å². The van der Waals surface area contributed by atoms with Gasteiger partial charge in [-0.1, -0.05) is 56.7 Å². The third-order valence-electron chi connectivity index (χ3n) is 8.87. The standard InChI is InChI=1S/C34H36F4O3/c1-34(2)15-5-7-28(34)26-16-20(9-13-23(26)27-17-22(33(37)38)12-14-29(27)35)19-41-30-8-4-6-24(32(30)36)25(21-10-11-21)18-31(39)40-3/h4,6,8-9,12-14,16-17,21,25,28,33H,5,7,10-11,15,18-19H2,1-3H3/t25-,28+/m1/s1. The van der Waals surface area contributed by atoms with Gasteiger partial charge in [-0.3, -0.25) is 4.79 Å². The SMILES string of the molecule is COC(=O)C[C@@H](c1cccc(OCc2ccc(-c3cc(C(F)F)ccc3F)c([C@@H]3CCCC3(C)C)c2)c1F)C1CC1. The Balaban J connectivity index is 1.46. The van der Waals surface area contributed by atoms with Crippen molar-refractivity contribution < 1.29 is 31.8 Å². The van der Waals surface area contributed by atoms with E-state index in [0.29, 0.717) is 11.1 Å². The quantitative estimate of drug-likeness (QED) is 0.181. The summed E-state index contributed by atoms with van der Waals surface area (Å²) in [5.74, 6) is -1.22. The predicted octanol–water partition coefficient (Wildman–Crippen LogP) is 9.50. The van der Waals surface area contributed by atoms with Crippen molar-refractivity contribution in [2.24, 2.45) is 11.3 Å². The van der Waals surface area contributed by atoms with Crippen molar-refractivity contribution in [1.29, 1.82) is 0 Å². The third kappa shape index (κ3) is 6.29. The molecule has 0 bridgehead atoms. The monoisotopic (exact) mass is 568 g/mol. The highest BCUT2D eigenvalue weighted by Crippen LogP contribution is 2.51. The average molecular weight is 569 g/mol. The van der Waals surface area contributed by atoms with Crippen LogP contribution in [0.2, 0.25) is 0 Å². The van der Waals surface area contributed by atoms with E-state index in [1.807, 2.05) is 6.07 Å². The molecule has 3 aromatic rings. The number of ether oxygens (including phenoxy) is 2. The van der Waals surface area contributed by atoms with E-state index in [1.165, 1.54) is 13.2 Å². The fourth-order valence-corrected chi connectivity index (χ4v) is 6.40. The van der Waals surface area contributed by atoms with E-state index in [9.17, 15) is 13.6 Å². The normalized spacial score (nSPS) is 18.9. The molecule has 2 atom stereocenters. The summed E-state index contributed by atoms with van der Waals surface area (Å²) in [6.07, 6.45) is 2.23. The topological polar surface area (TPSA) is 35.5 Å². The fourth-order valence-electron chi connectivity index (χ4n) is 6.40. The second-order valence-electron chi connectivity index (χ2n) is 12.1. The largest absolute Gasteiger partial charge is 0.486 e. The Hall–Kier alpha value is -3.35. The summed E-state index contributed by atoms with van der Waals surface area (Å²) in [4.78, 5) is 12.0. The molecule has 7 heteroatoms. The Labute approximate surface area is 238 Å². The Morgan fingerprint density at radius 1 is 1.00 bits per heavy atom. The summed E-state index contributed by atoms with van der Waals surface area (Å²) in [5.41, 5.74) is 2.59. The first kappa shape index (κ1) is 29.2. The maximum atomic E-state index is 15.6. The second kappa shape index (κ2) is 11.9. The molecular formula is C34H36F4O3. The van der Waals surface area contributed by atoms with Gasteiger partial charge in [0.25, 0.3) is 6.43 Å². The minimum absolute atomic E-state index is 0.0526. The molecule has 0 spiro atoms. The van der Waals surface area contributed by atoms with Crippen molar-refractivity contribution in [3.63, 3.8) is 0 Å². The van der Waals surface area contributed by atoms with Gasteiger partial charge in [0.1, 0.15) is 12.4 Å². The molecule has 0 radical (unpaired) electrons. The summed E-state index contributed by atoms with van der Waals surface area (Å²) in [6, 6.07) is 14.0. The predicted molar refractivity (Wildman–Crippen MR) is 150 cm³/mol. The second-order valence-corrected chi connectivity index (χ2v) is 12.1. The summed E-state index contributed by atoms with van der Waals surface area (Å²) < 4.78 is 68.5. The molecule has 0 amide bonds. The van der Waals surface area contributed by atoms with Gasteiger partial charge in [0.05, 0.1) is 13.5 Å². The van der Waals surface area contributed by atoms with Crippen LogP contribution in [0.4, 0.5) is 17.6 Å². The summed E-state index contributed by atoms with van der Waals surface area (Å²) in [7, 11) is 1.33. The lowest BCUT2D eigenvalue weighted by atomic mass is 9.75. The van der Waals surface area contributed by atoms with Crippen LogP contribution in [0.5, 0.6) is 5.75 Å². The number of carbonyl (C=O) groups is 1. The number of esters is 1. The van der Waals surface area contributed by atoms with Crippen LogP contribution in [0.1, 0.15) is 92.9 Å². The molecule has 2 aliphatic rings. The molecule has 2 aliphatic carbocycles. The first-order valence-electron chi connectivity index (χ1n) is 14.3. The van der Waals surface area contributed by atoms with E-state index in [-0.39, 0.29) is 59.0 Å². The van der Waals surface area contributed by atoms with Gasteiger partial charge in [-0.05, 0) is 83.4 Å². The zero-order chi connectivity index (χ0) is 29.3. The molecule has 0 aromatic heterocycles. The zero-order valence-electron chi connectivity index (χ0n) is 23.7. The average Bonchev–Trinajstić information content (AvgIpc) is 3.73. The van der Waals surface area contributed by atoms with Crippen LogP contribution in [0.15, 0.2) is 54.6 Å². The van der Waals surface area contributed by atoms with Gasteiger partial charge >= 0.3 is 5.97 Å². The number of rotatable bonds is 10. The molecule has 2 fully saturated rings. The summed E-state index contributed by atoms with van der Waals surface area (Å²) in [5, 5.41) is 0. The third-order valence-corrected chi connectivity index (χ3v) is 8.87. The first-order chi connectivity index (χ1) is 19.6. The van der Waals surface area contributed by atoms with E-state index in [0.717, 1.165) is 55.4 Å². The lowest BCUT2D eigenvalue weighted by Gasteiger charge is -2.30. The van der Waals surface area contributed by atoms with Crippen molar-refractivity contribution in [3.05, 3.63) is 88.5 Å². The van der Waals surface area contributed by atoms with Gasteiger partial charge in [-0.2, -0.15) is 0 Å². The van der Waals surface area contributed by atoms with E-state index >= 15 is 8.78 Å². The molecule has 0 heterocycles. The molecule has 2 saturated carbocycles. The molecule has 3 nitrogen and oxygen atoms in total. The van der Waals surface area contributed by atoms with E-state index in [1.54, 1.807) is 30.3 Å². The van der Waals surface area contributed by atoms with Crippen LogP contribution in [-0.4, -0.2) is 13.1 Å². The van der Waals surface area contributed by atoms with Crippen molar-refractivity contribution in [1.82, 2.24) is 0 Å². The highest BCUT2D eigenvalue weighted by atomic mass is 19.3. The smallest absolute Gasteiger partial charge is 0.306 e. The Kier molecular flexibility index (Phi) is 8.44. The Morgan fingerprint density at radius 2 is 1.78 bits per heavy atom. The number of benzene rings is 3. The maximum absolute atomic E-state index is 15.6. The van der Waals surface area contributed by atoms with E-state index in [2.05, 4.69) is 13.8 Å². The van der Waals surface area contributed by atoms with Gasteiger partial charge in [-0.25, -0.2) is 17.6 Å². The number of hydrogen-bond acceptors (Lipinski definition) is 3. The highest BCUT2D eigenvalue weighted by Gasteiger charge is 2.38. The number of alkyl halides is 2. The molecule has 3 aromatic carbocycles. The molecular weight excluding hydrogens is 532 g/mol. The van der Waals surface area contributed by atoms with Crippen molar-refractivity contribution >= 4 is 5.97 Å². The van der Waals surface area contributed by atoms with Gasteiger partial charge in [0.15, 0.2) is 11.6 Å². The van der Waals surface area contributed by atoms with Crippen LogP contribution in [0.3, 0.4) is 0 Å². The molecule has 0 N–H and O–H groups in total. The van der Waals surface area contributed by atoms with Gasteiger partial charge in [-0.15, -0.1) is 0 Å². The Bertz CT molecular complexity index is 1410. The molecule has 218 valence electrons. The number of hydrogen-bond donors (Lipinski definition) is 0. The van der Waals surface area contributed by atoms with Crippen LogP contribution >= 0.6 is 0 Å². The van der Waals surface area contributed by atoms with Crippen molar-refractivity contribution in [2.75, 3.05) is 7.11 Å². The lowest BCUT2D eigenvalue weighted by molar-refractivity contribution is -0.141. The maximum Gasteiger partial charge on any atom is 0.306 e. The summed E-state index contributed by atoms with van der Waals surface area (Å²) in [6.45, 7) is 4.43. The molecule has 41 heavy (non-hydrogen) atoms. The zero-order valence-corrected chi connectivity index (χ0v) is 23.7. The van der Waals surface area contributed by atoms with E-state index in [4.69, 9.17) is 9.47 Å². The van der Waals surface area contributed by atoms with Gasteiger partial charge < -0.3 is 9.47 Å². The number of methoxy groups -OCH3 is 1. The lowest BCUT2D eigenvalue weighted by Crippen LogP contribution is -2.17. The van der Waals surface area contributed by atoms with Gasteiger partial charge in [0, 0.05) is 17.0 Å². The molecule has 0 aliphatic heterocycles. The van der Waals surface area contributed by atoms with Crippen molar-refractivity contribution in [2.45, 2.75) is 77.2 Å². The highest BCUT2D eigenvalue weighted by molar-refractivity contribution is 5.71. The Morgan fingerprint density at radius 3 is 2.44 bits per heavy atom. The van der Waals surface area contributed by atoms with Crippen LogP contribution in [-0.2, 0) is 16.1 Å². The number of carbonyl (C=O) groups excluding carboxylic acids is 1. The van der Waals surface area contributed by atoms with Gasteiger partial charge in [0.2, 0.25) is 0 Å². The molecule has 0 unspecified atom stereocenters. The van der Waals surface area contributed by atoms with E-state index < -0.39 is 18.1 Å². The van der Waals surface area contributed by atoms with Crippen LogP contribution < -0.4 is 4.74 Å². The van der Waals surface area contributed by atoms with Crippen molar-refractivity contribution in [3.8, 4) is 16.9 Å².